The van der Waals surface area contributed by atoms with Crippen molar-refractivity contribution in [1.29, 1.82) is 0 Å². The van der Waals surface area contributed by atoms with Gasteiger partial charge in [0, 0.05) is 13.1 Å². The molecule has 0 spiro atoms. The number of oxazole rings is 2. The Balaban J connectivity index is 0.000000182. The zero-order chi connectivity index (χ0) is 32.3. The number of carbonyl (C=O) groups is 3. The van der Waals surface area contributed by atoms with Crippen LogP contribution in [0.2, 0.25) is 0 Å². The summed E-state index contributed by atoms with van der Waals surface area (Å²) in [6, 6.07) is 18.4. The van der Waals surface area contributed by atoms with Crippen LogP contribution in [-0.4, -0.2) is 63.2 Å². The van der Waals surface area contributed by atoms with Gasteiger partial charge in [-0.25, -0.2) is 24.4 Å². The summed E-state index contributed by atoms with van der Waals surface area (Å²) in [4.78, 5) is 47.5. The van der Waals surface area contributed by atoms with Crippen molar-refractivity contribution in [3.8, 4) is 0 Å². The Hall–Kier alpha value is -5.17. The lowest BCUT2D eigenvalue weighted by atomic mass is 10.1. The first kappa shape index (κ1) is 32.2. The molecular weight excluding hydrogens is 596 g/mol. The molecule has 0 bridgehead atoms. The monoisotopic (exact) mass is 632 g/mol. The second-order valence-corrected chi connectivity index (χ2v) is 10.7. The predicted molar refractivity (Wildman–Crippen MR) is 161 cm³/mol. The van der Waals surface area contributed by atoms with E-state index in [-0.39, 0.29) is 43.7 Å². The lowest BCUT2D eigenvalue weighted by Gasteiger charge is -2.22. The van der Waals surface area contributed by atoms with Crippen LogP contribution in [0.4, 0.5) is 9.59 Å². The van der Waals surface area contributed by atoms with E-state index in [1.54, 1.807) is 9.80 Å². The fourth-order valence-electron chi connectivity index (χ4n) is 5.53. The Morgan fingerprint density at radius 1 is 0.783 bits per heavy atom. The first-order valence-electron chi connectivity index (χ1n) is 15.0. The van der Waals surface area contributed by atoms with Crippen molar-refractivity contribution in [2.45, 2.75) is 57.6 Å². The summed E-state index contributed by atoms with van der Waals surface area (Å²) >= 11 is 0. The molecule has 4 heterocycles. The molecule has 13 nitrogen and oxygen atoms in total. The Morgan fingerprint density at radius 2 is 1.28 bits per heavy atom. The van der Waals surface area contributed by atoms with Gasteiger partial charge in [0.25, 0.3) is 0 Å². The number of likely N-dealkylation sites (tertiary alicyclic amines) is 2. The number of rotatable bonds is 8. The quantitative estimate of drug-likeness (QED) is 0.191. The molecule has 13 heteroatoms. The molecule has 2 atom stereocenters. The lowest BCUT2D eigenvalue weighted by Crippen LogP contribution is -2.31. The molecule has 2 fully saturated rings. The fourth-order valence-corrected chi connectivity index (χ4v) is 5.53. The molecule has 0 radical (unpaired) electrons. The smallest absolute Gasteiger partial charge is 0.410 e. The van der Waals surface area contributed by atoms with Crippen LogP contribution < -0.4 is 0 Å². The summed E-state index contributed by atoms with van der Waals surface area (Å²) in [6.45, 7) is 1.40. The van der Waals surface area contributed by atoms with Crippen LogP contribution >= 0.6 is 0 Å². The number of hydrogen-bond acceptors (Lipinski definition) is 11. The lowest BCUT2D eigenvalue weighted by molar-refractivity contribution is 0.0583. The van der Waals surface area contributed by atoms with Crippen LogP contribution in [0, 0.1) is 0 Å². The van der Waals surface area contributed by atoms with Gasteiger partial charge in [0.15, 0.2) is 30.0 Å². The number of aliphatic hydroxyl groups is 1. The molecule has 2 aromatic carbocycles. The summed E-state index contributed by atoms with van der Waals surface area (Å²) in [7, 11) is 1.28. The topological polar surface area (TPSA) is 158 Å². The standard InChI is InChI=1S/C17H18N2O5.C16H18N2O4/c1-22-16(20)14-15(24-11-18-14)13-8-5-9-19(13)17(21)23-10-12-6-3-2-4-7-12;19-9-13-15(22-11-17-13)14-7-4-8-18(14)16(20)21-10-12-5-2-1-3-6-12/h2-4,6-7,11,13H,5,8-10H2,1H3;1-3,5-6,11,14,19H,4,7-10H2/t13-;14-/m00/s1. The minimum Gasteiger partial charge on any atom is -0.464 e. The zero-order valence-corrected chi connectivity index (χ0v) is 25.4. The van der Waals surface area contributed by atoms with Gasteiger partial charge >= 0.3 is 18.2 Å². The molecule has 2 aliphatic heterocycles. The van der Waals surface area contributed by atoms with Gasteiger partial charge in [0.1, 0.15) is 18.9 Å². The van der Waals surface area contributed by atoms with Gasteiger partial charge in [-0.1, -0.05) is 60.7 Å². The van der Waals surface area contributed by atoms with E-state index in [1.165, 1.54) is 19.9 Å². The Labute approximate surface area is 265 Å². The zero-order valence-electron chi connectivity index (χ0n) is 25.4. The molecular formula is C33H36N4O9. The first-order valence-corrected chi connectivity index (χ1v) is 15.0. The van der Waals surface area contributed by atoms with Crippen molar-refractivity contribution in [2.24, 2.45) is 0 Å². The van der Waals surface area contributed by atoms with Gasteiger partial charge in [-0.15, -0.1) is 0 Å². The van der Waals surface area contributed by atoms with Crippen LogP contribution in [0.25, 0.3) is 0 Å². The van der Waals surface area contributed by atoms with Crippen molar-refractivity contribution < 1.29 is 42.5 Å². The van der Waals surface area contributed by atoms with Crippen molar-refractivity contribution in [1.82, 2.24) is 19.8 Å². The number of carbonyl (C=O) groups excluding carboxylic acids is 3. The van der Waals surface area contributed by atoms with E-state index in [0.29, 0.717) is 36.7 Å². The van der Waals surface area contributed by atoms with Crippen molar-refractivity contribution in [2.75, 3.05) is 20.2 Å². The van der Waals surface area contributed by atoms with Gasteiger partial charge in [-0.3, -0.25) is 9.80 Å². The number of aromatic nitrogens is 2. The second kappa shape index (κ2) is 15.7. The molecule has 1 N–H and O–H groups in total. The van der Waals surface area contributed by atoms with Crippen LogP contribution in [0.5, 0.6) is 0 Å². The second-order valence-electron chi connectivity index (χ2n) is 10.7. The van der Waals surface area contributed by atoms with E-state index in [0.717, 1.165) is 30.4 Å². The third-order valence-electron chi connectivity index (χ3n) is 7.79. The Bertz CT molecular complexity index is 1570. The molecule has 6 rings (SSSR count). The molecule has 242 valence electrons. The number of esters is 1. The number of ether oxygens (including phenoxy) is 3. The number of nitrogens with zero attached hydrogens (tertiary/aromatic N) is 4. The highest BCUT2D eigenvalue weighted by Crippen LogP contribution is 2.35. The van der Waals surface area contributed by atoms with Gasteiger partial charge < -0.3 is 28.2 Å². The van der Waals surface area contributed by atoms with Crippen LogP contribution in [0.15, 0.2) is 82.3 Å². The predicted octanol–water partition coefficient (Wildman–Crippen LogP) is 5.58. The average Bonchev–Trinajstić information content (AvgIpc) is 3.93. The number of benzene rings is 2. The molecule has 2 aliphatic rings. The maximum atomic E-state index is 12.4. The van der Waals surface area contributed by atoms with Crippen LogP contribution in [0.1, 0.15) is 76.6 Å². The largest absolute Gasteiger partial charge is 0.464 e. The summed E-state index contributed by atoms with van der Waals surface area (Å²) in [5.41, 5.74) is 2.44. The minimum atomic E-state index is -0.580. The number of hydrogen-bond donors (Lipinski definition) is 1. The van der Waals surface area contributed by atoms with Gasteiger partial charge in [-0.2, -0.15) is 0 Å². The fraction of sp³-hybridized carbons (Fsp3) is 0.364. The summed E-state index contributed by atoms with van der Waals surface area (Å²) in [5.74, 6) is 0.316. The highest BCUT2D eigenvalue weighted by Gasteiger charge is 2.37. The number of amides is 2. The summed E-state index contributed by atoms with van der Waals surface area (Å²) < 4.78 is 26.2. The SMILES string of the molecule is COC(=O)c1ncoc1[C@@H]1CCCN1C(=O)OCc1ccccc1.O=C(OCc1ccccc1)N1CCC[C@H]1c1ocnc1CO. The van der Waals surface area contributed by atoms with Crippen molar-refractivity contribution in [3.63, 3.8) is 0 Å². The molecule has 46 heavy (non-hydrogen) atoms. The molecule has 0 saturated carbocycles. The molecule has 2 amide bonds. The van der Waals surface area contributed by atoms with Gasteiger partial charge in [0.05, 0.1) is 25.8 Å². The normalized spacial score (nSPS) is 17.3. The highest BCUT2D eigenvalue weighted by molar-refractivity contribution is 5.88. The molecule has 0 unspecified atom stereocenters. The van der Waals surface area contributed by atoms with Crippen molar-refractivity contribution in [3.05, 3.63) is 107 Å². The average molecular weight is 633 g/mol. The van der Waals surface area contributed by atoms with Crippen LogP contribution in [0.3, 0.4) is 0 Å². The minimum absolute atomic E-state index is 0.102. The van der Waals surface area contributed by atoms with Gasteiger partial charge in [0.2, 0.25) is 0 Å². The number of methoxy groups -OCH3 is 1. The summed E-state index contributed by atoms with van der Waals surface area (Å²) in [6.07, 6.45) is 4.81. The van der Waals surface area contributed by atoms with Crippen LogP contribution in [-0.2, 0) is 34.0 Å². The first-order chi connectivity index (χ1) is 22.5. The van der Waals surface area contributed by atoms with E-state index in [9.17, 15) is 19.5 Å². The third-order valence-corrected chi connectivity index (χ3v) is 7.79. The molecule has 2 saturated heterocycles. The molecule has 4 aromatic rings. The van der Waals surface area contributed by atoms with E-state index >= 15 is 0 Å². The maximum Gasteiger partial charge on any atom is 0.410 e. The van der Waals surface area contributed by atoms with E-state index in [2.05, 4.69) is 9.97 Å². The van der Waals surface area contributed by atoms with E-state index in [1.807, 2.05) is 60.7 Å². The molecule has 2 aromatic heterocycles. The maximum absolute atomic E-state index is 12.4. The Morgan fingerprint density at radius 3 is 1.80 bits per heavy atom. The number of aliphatic hydroxyl groups excluding tert-OH is 1. The molecule has 0 aliphatic carbocycles. The summed E-state index contributed by atoms with van der Waals surface area (Å²) in [5, 5.41) is 9.29. The van der Waals surface area contributed by atoms with E-state index in [4.69, 9.17) is 23.0 Å². The van der Waals surface area contributed by atoms with Gasteiger partial charge in [-0.05, 0) is 36.8 Å². The Kier molecular flexibility index (Phi) is 11.0. The van der Waals surface area contributed by atoms with E-state index < -0.39 is 12.1 Å². The highest BCUT2D eigenvalue weighted by atomic mass is 16.6. The van der Waals surface area contributed by atoms with Crippen molar-refractivity contribution >= 4 is 18.2 Å². The third kappa shape index (κ3) is 7.72.